The van der Waals surface area contributed by atoms with Crippen molar-refractivity contribution in [3.63, 3.8) is 0 Å². The molecule has 4 aromatic rings. The maximum Gasteiger partial charge on any atom is 0.253 e. The predicted octanol–water partition coefficient (Wildman–Crippen LogP) is 4.52. The Kier molecular flexibility index (Phi) is 5.60. The van der Waals surface area contributed by atoms with Crippen molar-refractivity contribution >= 4 is 28.9 Å². The molecule has 0 bridgehead atoms. The van der Waals surface area contributed by atoms with Crippen molar-refractivity contribution in [1.29, 1.82) is 0 Å². The highest BCUT2D eigenvalue weighted by Crippen LogP contribution is 2.48. The highest BCUT2D eigenvalue weighted by molar-refractivity contribution is 6.11. The van der Waals surface area contributed by atoms with Crippen LogP contribution in [0.3, 0.4) is 0 Å². The Morgan fingerprint density at radius 2 is 1.68 bits per heavy atom. The van der Waals surface area contributed by atoms with E-state index in [1.165, 1.54) is 25.3 Å². The Hall–Kier alpha value is -4.72. The number of benzene rings is 2. The van der Waals surface area contributed by atoms with Crippen molar-refractivity contribution in [2.24, 2.45) is 11.1 Å². The molecule has 1 aliphatic carbocycles. The number of amides is 3. The van der Waals surface area contributed by atoms with Crippen molar-refractivity contribution in [3.05, 3.63) is 90.9 Å². The number of hydrogen-bond acceptors (Lipinski definition) is 4. The summed E-state index contributed by atoms with van der Waals surface area (Å²) in [7, 11) is 0. The Balaban J connectivity index is 1.41. The molecule has 8 heteroatoms. The summed E-state index contributed by atoms with van der Waals surface area (Å²) in [5.74, 6) is -0.838. The highest BCUT2D eigenvalue weighted by atomic mass is 16.2. The summed E-state index contributed by atoms with van der Waals surface area (Å²) in [5, 5.41) is 2.74. The number of carbonyl (C=O) groups is 3. The van der Waals surface area contributed by atoms with Crippen LogP contribution < -0.4 is 11.1 Å². The van der Waals surface area contributed by atoms with Gasteiger partial charge in [0, 0.05) is 47.7 Å². The lowest BCUT2D eigenvalue weighted by Crippen LogP contribution is -2.61. The van der Waals surface area contributed by atoms with Crippen molar-refractivity contribution < 1.29 is 14.4 Å². The van der Waals surface area contributed by atoms with Crippen LogP contribution in [0.25, 0.3) is 27.9 Å². The topological polar surface area (TPSA) is 110 Å². The van der Waals surface area contributed by atoms with E-state index in [4.69, 9.17) is 5.73 Å². The average Bonchev–Trinajstić information content (AvgIpc) is 3.23. The second-order valence-corrected chi connectivity index (χ2v) is 10.2. The minimum atomic E-state index is -0.571. The van der Waals surface area contributed by atoms with Crippen LogP contribution in [0.5, 0.6) is 0 Å². The van der Waals surface area contributed by atoms with E-state index >= 15 is 0 Å². The summed E-state index contributed by atoms with van der Waals surface area (Å²) >= 11 is 0. The van der Waals surface area contributed by atoms with Crippen molar-refractivity contribution in [1.82, 2.24) is 14.3 Å². The van der Waals surface area contributed by atoms with E-state index in [1.54, 1.807) is 30.7 Å². The van der Waals surface area contributed by atoms with Gasteiger partial charge in [-0.3, -0.25) is 19.4 Å². The van der Waals surface area contributed by atoms with Crippen LogP contribution in [0.4, 0.5) is 5.69 Å². The molecule has 0 radical (unpaired) electrons. The van der Waals surface area contributed by atoms with Gasteiger partial charge in [0.05, 0.1) is 23.0 Å². The SMILES string of the molecule is C=CC(=O)Nc1ccc(-c2c(-c3ccc(C(=O)N4CC5(CCC5)C4)cc3)c(C(N)=O)c3cnccn23)cc1. The minimum absolute atomic E-state index is 0.0350. The lowest BCUT2D eigenvalue weighted by Gasteiger charge is -2.55. The Labute approximate surface area is 219 Å². The number of carbonyl (C=O) groups excluding carboxylic acids is 3. The van der Waals surface area contributed by atoms with E-state index in [9.17, 15) is 14.4 Å². The fourth-order valence-corrected chi connectivity index (χ4v) is 5.69. The highest BCUT2D eigenvalue weighted by Gasteiger charge is 2.48. The maximum atomic E-state index is 13.0. The number of hydrogen-bond donors (Lipinski definition) is 2. The number of fused-ring (bicyclic) bond motifs is 1. The zero-order valence-electron chi connectivity index (χ0n) is 20.8. The van der Waals surface area contributed by atoms with E-state index in [1.807, 2.05) is 45.7 Å². The molecule has 0 atom stereocenters. The van der Waals surface area contributed by atoms with Crippen LogP contribution in [0, 0.1) is 5.41 Å². The van der Waals surface area contributed by atoms with Crippen molar-refractivity contribution in [3.8, 4) is 22.4 Å². The fourth-order valence-electron chi connectivity index (χ4n) is 5.69. The van der Waals surface area contributed by atoms with Gasteiger partial charge < -0.3 is 20.4 Å². The number of rotatable bonds is 6. The van der Waals surface area contributed by atoms with Crippen LogP contribution in [-0.2, 0) is 4.79 Å². The van der Waals surface area contributed by atoms with Gasteiger partial charge in [-0.05, 0) is 54.3 Å². The first-order valence-corrected chi connectivity index (χ1v) is 12.6. The van der Waals surface area contributed by atoms with Crippen LogP contribution in [-0.4, -0.2) is 45.1 Å². The third kappa shape index (κ3) is 3.85. The molecular formula is C30H27N5O3. The number of aromatic nitrogens is 2. The number of nitrogens with zero attached hydrogens (tertiary/aromatic N) is 3. The first-order chi connectivity index (χ1) is 18.4. The minimum Gasteiger partial charge on any atom is -0.366 e. The lowest BCUT2D eigenvalue weighted by molar-refractivity contribution is -0.111. The molecule has 1 saturated carbocycles. The molecule has 8 nitrogen and oxygen atoms in total. The molecule has 1 aliphatic heterocycles. The lowest BCUT2D eigenvalue weighted by atomic mass is 9.63. The van der Waals surface area contributed by atoms with Gasteiger partial charge in [0.1, 0.15) is 0 Å². The smallest absolute Gasteiger partial charge is 0.253 e. The summed E-state index contributed by atoms with van der Waals surface area (Å²) in [6.45, 7) is 5.16. The standard InChI is InChI=1S/C30H27N5O3/c1-2-24(36)33-22-10-8-20(9-11-22)27-25(26(28(31)37)23-16-32-14-15-35(23)27)19-4-6-21(7-5-19)29(38)34-17-30(18-34)12-3-13-30/h2,4-11,14-16H,1,3,12-13,17-18H2,(H2,31,37)(H,33,36). The normalized spacial score (nSPS) is 15.5. The van der Waals surface area contributed by atoms with E-state index in [0.29, 0.717) is 33.3 Å². The predicted molar refractivity (Wildman–Crippen MR) is 146 cm³/mol. The number of nitrogens with two attached hydrogens (primary N) is 1. The van der Waals surface area contributed by atoms with Gasteiger partial charge in [0.2, 0.25) is 5.91 Å². The Bertz CT molecular complexity index is 1590. The summed E-state index contributed by atoms with van der Waals surface area (Å²) in [5.41, 5.74) is 11.4. The molecule has 2 aromatic heterocycles. The zero-order valence-corrected chi connectivity index (χ0v) is 20.8. The molecule has 1 saturated heterocycles. The van der Waals surface area contributed by atoms with Crippen molar-refractivity contribution in [2.75, 3.05) is 18.4 Å². The molecule has 3 N–H and O–H groups in total. The third-order valence-corrected chi connectivity index (χ3v) is 7.77. The number of likely N-dealkylation sites (tertiary alicyclic amines) is 1. The van der Waals surface area contributed by atoms with E-state index in [2.05, 4.69) is 16.9 Å². The summed E-state index contributed by atoms with van der Waals surface area (Å²) < 4.78 is 1.89. The number of anilines is 1. The molecule has 0 unspecified atom stereocenters. The molecule has 6 rings (SSSR count). The Morgan fingerprint density at radius 1 is 1.00 bits per heavy atom. The molecule has 38 heavy (non-hydrogen) atoms. The molecule has 2 fully saturated rings. The number of primary amides is 1. The van der Waals surface area contributed by atoms with Gasteiger partial charge >= 0.3 is 0 Å². The average molecular weight is 506 g/mol. The van der Waals surface area contributed by atoms with Gasteiger partial charge in [0.25, 0.3) is 11.8 Å². The largest absolute Gasteiger partial charge is 0.366 e. The molecule has 1 spiro atoms. The van der Waals surface area contributed by atoms with Gasteiger partial charge in [-0.2, -0.15) is 0 Å². The Morgan fingerprint density at radius 3 is 2.29 bits per heavy atom. The van der Waals surface area contributed by atoms with Gasteiger partial charge in [-0.1, -0.05) is 37.3 Å². The van der Waals surface area contributed by atoms with Gasteiger partial charge in [-0.15, -0.1) is 0 Å². The van der Waals surface area contributed by atoms with Crippen LogP contribution in [0.15, 0.2) is 79.8 Å². The monoisotopic (exact) mass is 505 g/mol. The summed E-state index contributed by atoms with van der Waals surface area (Å²) in [6.07, 6.45) is 9.94. The first-order valence-electron chi connectivity index (χ1n) is 12.6. The van der Waals surface area contributed by atoms with Crippen LogP contribution >= 0.6 is 0 Å². The van der Waals surface area contributed by atoms with Gasteiger partial charge in [0.15, 0.2) is 0 Å². The third-order valence-electron chi connectivity index (χ3n) is 7.77. The summed E-state index contributed by atoms with van der Waals surface area (Å²) in [6, 6.07) is 14.7. The molecule has 3 heterocycles. The number of nitrogens with one attached hydrogen (secondary N) is 1. The molecule has 2 aliphatic rings. The molecule has 190 valence electrons. The second kappa shape index (κ2) is 8.99. The van der Waals surface area contributed by atoms with E-state index in [-0.39, 0.29) is 11.8 Å². The van der Waals surface area contributed by atoms with Crippen LogP contribution in [0.2, 0.25) is 0 Å². The zero-order chi connectivity index (χ0) is 26.4. The van der Waals surface area contributed by atoms with Crippen LogP contribution in [0.1, 0.15) is 40.0 Å². The van der Waals surface area contributed by atoms with Crippen molar-refractivity contribution in [2.45, 2.75) is 19.3 Å². The van der Waals surface area contributed by atoms with Gasteiger partial charge in [-0.25, -0.2) is 0 Å². The quantitative estimate of drug-likeness (QED) is 0.376. The van der Waals surface area contributed by atoms with E-state index < -0.39 is 5.91 Å². The first kappa shape index (κ1) is 23.7. The summed E-state index contributed by atoms with van der Waals surface area (Å²) in [4.78, 5) is 43.6. The molecule has 3 amide bonds. The molecular weight excluding hydrogens is 478 g/mol. The maximum absolute atomic E-state index is 13.0. The molecule has 2 aromatic carbocycles. The van der Waals surface area contributed by atoms with E-state index in [0.717, 1.165) is 29.9 Å². The second-order valence-electron chi connectivity index (χ2n) is 10.2. The fraction of sp³-hybridized carbons (Fsp3) is 0.200.